The maximum Gasteiger partial charge on any atom is 0.307 e. The van der Waals surface area contributed by atoms with E-state index in [0.29, 0.717) is 6.54 Å². The first-order chi connectivity index (χ1) is 9.22. The number of aliphatic carboxylic acids is 1. The summed E-state index contributed by atoms with van der Waals surface area (Å²) >= 11 is 0. The van der Waals surface area contributed by atoms with Crippen molar-refractivity contribution in [1.82, 2.24) is 4.90 Å². The van der Waals surface area contributed by atoms with Crippen LogP contribution in [0.1, 0.15) is 36.0 Å². The highest BCUT2D eigenvalue weighted by atomic mass is 16.4. The van der Waals surface area contributed by atoms with Crippen molar-refractivity contribution in [2.24, 2.45) is 5.92 Å². The minimum absolute atomic E-state index is 0.169. The molecule has 0 radical (unpaired) electrons. The van der Waals surface area contributed by atoms with Gasteiger partial charge in [0.05, 0.1) is 5.92 Å². The van der Waals surface area contributed by atoms with Crippen molar-refractivity contribution in [3.8, 4) is 0 Å². The van der Waals surface area contributed by atoms with Gasteiger partial charge < -0.3 is 5.11 Å². The lowest BCUT2D eigenvalue weighted by molar-refractivity contribution is -0.141. The van der Waals surface area contributed by atoms with Crippen molar-refractivity contribution >= 4 is 5.97 Å². The number of benzene rings is 1. The van der Waals surface area contributed by atoms with Crippen LogP contribution in [0.5, 0.6) is 0 Å². The average molecular weight is 259 g/mol. The maximum absolute atomic E-state index is 11.0. The van der Waals surface area contributed by atoms with Crippen LogP contribution in [0.3, 0.4) is 0 Å². The second-order valence-corrected chi connectivity index (χ2v) is 5.87. The Morgan fingerprint density at radius 3 is 2.79 bits per heavy atom. The topological polar surface area (TPSA) is 40.5 Å². The second kappa shape index (κ2) is 5.33. The Hall–Kier alpha value is -1.35. The SMILES string of the molecule is O=C(O)C1CCN(Cc2ccc3c(c2)CCCC3)C1. The highest BCUT2D eigenvalue weighted by Crippen LogP contribution is 2.24. The van der Waals surface area contributed by atoms with Gasteiger partial charge in [-0.2, -0.15) is 0 Å². The van der Waals surface area contributed by atoms with Crippen LogP contribution in [0.25, 0.3) is 0 Å². The van der Waals surface area contributed by atoms with Crippen molar-refractivity contribution in [2.75, 3.05) is 13.1 Å². The van der Waals surface area contributed by atoms with Crippen molar-refractivity contribution in [2.45, 2.75) is 38.6 Å². The number of carboxylic acids is 1. The molecule has 1 N–H and O–H groups in total. The van der Waals surface area contributed by atoms with Crippen LogP contribution in [0.2, 0.25) is 0 Å². The Labute approximate surface area is 114 Å². The van der Waals surface area contributed by atoms with E-state index < -0.39 is 5.97 Å². The van der Waals surface area contributed by atoms with Gasteiger partial charge >= 0.3 is 5.97 Å². The number of carbonyl (C=O) groups is 1. The molecule has 0 bridgehead atoms. The predicted molar refractivity (Wildman–Crippen MR) is 74.1 cm³/mol. The first-order valence-electron chi connectivity index (χ1n) is 7.28. The molecule has 1 fully saturated rings. The van der Waals surface area contributed by atoms with Gasteiger partial charge in [-0.15, -0.1) is 0 Å². The molecule has 1 saturated heterocycles. The van der Waals surface area contributed by atoms with E-state index in [-0.39, 0.29) is 5.92 Å². The Morgan fingerprint density at radius 1 is 1.26 bits per heavy atom. The van der Waals surface area contributed by atoms with E-state index in [4.69, 9.17) is 5.11 Å². The van der Waals surface area contributed by atoms with Crippen molar-refractivity contribution < 1.29 is 9.90 Å². The van der Waals surface area contributed by atoms with Crippen LogP contribution >= 0.6 is 0 Å². The fourth-order valence-corrected chi connectivity index (χ4v) is 3.32. The molecule has 0 saturated carbocycles. The lowest BCUT2D eigenvalue weighted by Gasteiger charge is -2.19. The van der Waals surface area contributed by atoms with Crippen LogP contribution in [0, 0.1) is 5.92 Å². The van der Waals surface area contributed by atoms with E-state index in [2.05, 4.69) is 23.1 Å². The second-order valence-electron chi connectivity index (χ2n) is 5.87. The molecule has 1 aliphatic carbocycles. The number of hydrogen-bond donors (Lipinski definition) is 1. The number of fused-ring (bicyclic) bond motifs is 1. The molecular weight excluding hydrogens is 238 g/mol. The Bertz CT molecular complexity index is 484. The van der Waals surface area contributed by atoms with Gasteiger partial charge in [0, 0.05) is 13.1 Å². The molecule has 0 amide bonds. The molecule has 1 aliphatic heterocycles. The highest BCUT2D eigenvalue weighted by Gasteiger charge is 2.27. The van der Waals surface area contributed by atoms with Crippen LogP contribution < -0.4 is 0 Å². The molecule has 3 heteroatoms. The summed E-state index contributed by atoms with van der Waals surface area (Å²) in [4.78, 5) is 13.2. The summed E-state index contributed by atoms with van der Waals surface area (Å²) in [7, 11) is 0. The van der Waals surface area contributed by atoms with Gasteiger partial charge in [0.2, 0.25) is 0 Å². The van der Waals surface area contributed by atoms with Crippen LogP contribution in [0.15, 0.2) is 18.2 Å². The number of nitrogens with zero attached hydrogens (tertiary/aromatic N) is 1. The van der Waals surface area contributed by atoms with E-state index in [1.165, 1.54) is 42.4 Å². The molecule has 0 spiro atoms. The third-order valence-corrected chi connectivity index (χ3v) is 4.44. The molecular formula is C16H21NO2. The quantitative estimate of drug-likeness (QED) is 0.906. The summed E-state index contributed by atoms with van der Waals surface area (Å²) in [5.74, 6) is -0.814. The molecule has 1 unspecified atom stereocenters. The summed E-state index contributed by atoms with van der Waals surface area (Å²) in [5.41, 5.74) is 4.37. The zero-order valence-corrected chi connectivity index (χ0v) is 11.3. The molecule has 0 aromatic heterocycles. The van der Waals surface area contributed by atoms with Crippen LogP contribution in [0.4, 0.5) is 0 Å². The Kier molecular flexibility index (Phi) is 3.56. The molecule has 1 heterocycles. The van der Waals surface area contributed by atoms with E-state index >= 15 is 0 Å². The fourth-order valence-electron chi connectivity index (χ4n) is 3.32. The maximum atomic E-state index is 11.0. The van der Waals surface area contributed by atoms with E-state index in [0.717, 1.165) is 19.5 Å². The minimum atomic E-state index is -0.645. The van der Waals surface area contributed by atoms with Crippen LogP contribution in [-0.2, 0) is 24.2 Å². The summed E-state index contributed by atoms with van der Waals surface area (Å²) in [5, 5.41) is 9.03. The third kappa shape index (κ3) is 2.81. The largest absolute Gasteiger partial charge is 0.481 e. The number of aryl methyl sites for hydroxylation is 2. The molecule has 3 nitrogen and oxygen atoms in total. The van der Waals surface area contributed by atoms with Gasteiger partial charge in [-0.25, -0.2) is 0 Å². The normalized spacial score (nSPS) is 23.3. The standard InChI is InChI=1S/C16H21NO2/c18-16(19)15-7-8-17(11-15)10-12-5-6-13-3-1-2-4-14(13)9-12/h5-6,9,15H,1-4,7-8,10-11H2,(H,18,19). The molecule has 102 valence electrons. The smallest absolute Gasteiger partial charge is 0.307 e. The Morgan fingerprint density at radius 2 is 2.05 bits per heavy atom. The molecule has 19 heavy (non-hydrogen) atoms. The molecule has 1 aromatic carbocycles. The lowest BCUT2D eigenvalue weighted by atomic mass is 9.90. The Balaban J connectivity index is 1.66. The first-order valence-corrected chi connectivity index (χ1v) is 7.28. The van der Waals surface area contributed by atoms with Crippen molar-refractivity contribution in [1.29, 1.82) is 0 Å². The third-order valence-electron chi connectivity index (χ3n) is 4.44. The first kappa shape index (κ1) is 12.7. The van der Waals surface area contributed by atoms with Gasteiger partial charge in [0.15, 0.2) is 0 Å². The zero-order valence-electron chi connectivity index (χ0n) is 11.3. The number of carboxylic acid groups (broad SMARTS) is 1. The molecule has 2 aliphatic rings. The summed E-state index contributed by atoms with van der Waals surface area (Å²) in [6, 6.07) is 6.83. The number of likely N-dealkylation sites (tertiary alicyclic amines) is 1. The van der Waals surface area contributed by atoms with Gasteiger partial charge in [-0.1, -0.05) is 18.2 Å². The van der Waals surface area contributed by atoms with Gasteiger partial charge in [-0.3, -0.25) is 9.69 Å². The fraction of sp³-hybridized carbons (Fsp3) is 0.562. The predicted octanol–water partition coefficient (Wildman–Crippen LogP) is 2.47. The zero-order chi connectivity index (χ0) is 13.2. The van der Waals surface area contributed by atoms with Crippen molar-refractivity contribution in [3.05, 3.63) is 34.9 Å². The summed E-state index contributed by atoms with van der Waals surface area (Å²) in [6.07, 6.45) is 5.85. The summed E-state index contributed by atoms with van der Waals surface area (Å²) < 4.78 is 0. The summed E-state index contributed by atoms with van der Waals surface area (Å²) in [6.45, 7) is 2.51. The average Bonchev–Trinajstić information content (AvgIpc) is 2.87. The lowest BCUT2D eigenvalue weighted by Crippen LogP contribution is -2.23. The van der Waals surface area contributed by atoms with Gasteiger partial charge in [0.25, 0.3) is 0 Å². The minimum Gasteiger partial charge on any atom is -0.481 e. The molecule has 1 atom stereocenters. The van der Waals surface area contributed by atoms with E-state index in [9.17, 15) is 4.79 Å². The van der Waals surface area contributed by atoms with Gasteiger partial charge in [0.1, 0.15) is 0 Å². The monoisotopic (exact) mass is 259 g/mol. The van der Waals surface area contributed by atoms with E-state index in [1.807, 2.05) is 0 Å². The van der Waals surface area contributed by atoms with Crippen LogP contribution in [-0.4, -0.2) is 29.1 Å². The molecule has 3 rings (SSSR count). The highest BCUT2D eigenvalue weighted by molar-refractivity contribution is 5.70. The number of hydrogen-bond acceptors (Lipinski definition) is 2. The van der Waals surface area contributed by atoms with Gasteiger partial charge in [-0.05, 0) is 55.3 Å². The van der Waals surface area contributed by atoms with Crippen molar-refractivity contribution in [3.63, 3.8) is 0 Å². The molecule has 1 aromatic rings. The number of rotatable bonds is 3. The van der Waals surface area contributed by atoms with E-state index in [1.54, 1.807) is 0 Å².